The Morgan fingerprint density at radius 1 is 1.38 bits per heavy atom. The lowest BCUT2D eigenvalue weighted by atomic mass is 10.2. The third-order valence-corrected chi connectivity index (χ3v) is 2.80. The fourth-order valence-corrected chi connectivity index (χ4v) is 1.78. The van der Waals surface area contributed by atoms with Crippen molar-refractivity contribution < 1.29 is 8.78 Å². The second-order valence-electron chi connectivity index (χ2n) is 3.98. The zero-order chi connectivity index (χ0) is 11.3. The van der Waals surface area contributed by atoms with E-state index in [4.69, 9.17) is 6.42 Å². The fraction of sp³-hybridized carbons (Fsp3) is 0.250. The molecule has 0 aliphatic heterocycles. The summed E-state index contributed by atoms with van der Waals surface area (Å²) < 4.78 is 28.5. The van der Waals surface area contributed by atoms with Crippen LogP contribution in [0, 0.1) is 24.0 Å². The van der Waals surface area contributed by atoms with Crippen molar-refractivity contribution in [3.8, 4) is 12.3 Å². The van der Waals surface area contributed by atoms with Gasteiger partial charge < -0.3 is 4.40 Å². The number of imidazole rings is 1. The number of fused-ring (bicyclic) bond motifs is 1. The Morgan fingerprint density at radius 3 is 2.75 bits per heavy atom. The average molecular weight is 218 g/mol. The fourth-order valence-electron chi connectivity index (χ4n) is 1.78. The van der Waals surface area contributed by atoms with Gasteiger partial charge in [-0.1, -0.05) is 5.92 Å². The van der Waals surface area contributed by atoms with E-state index in [2.05, 4.69) is 4.98 Å². The highest BCUT2D eigenvalue weighted by Crippen LogP contribution is 2.39. The second kappa shape index (κ2) is 3.05. The van der Waals surface area contributed by atoms with Crippen LogP contribution in [0.25, 0.3) is 5.65 Å². The van der Waals surface area contributed by atoms with Crippen LogP contribution in [0.4, 0.5) is 8.78 Å². The van der Waals surface area contributed by atoms with Crippen LogP contribution < -0.4 is 0 Å². The van der Waals surface area contributed by atoms with Gasteiger partial charge in [-0.3, -0.25) is 0 Å². The highest BCUT2D eigenvalue weighted by molar-refractivity contribution is 5.51. The van der Waals surface area contributed by atoms with Gasteiger partial charge in [-0.25, -0.2) is 13.8 Å². The summed E-state index contributed by atoms with van der Waals surface area (Å²) in [5.41, 5.74) is 0.573. The molecule has 3 rings (SSSR count). The maximum atomic E-state index is 13.8. The van der Waals surface area contributed by atoms with Gasteiger partial charge in [-0.05, 0) is 12.8 Å². The molecule has 0 saturated heterocycles. The maximum Gasteiger partial charge on any atom is 0.184 e. The first-order valence-corrected chi connectivity index (χ1v) is 5.04. The zero-order valence-corrected chi connectivity index (χ0v) is 8.37. The molecule has 1 saturated carbocycles. The third kappa shape index (κ3) is 1.21. The average Bonchev–Trinajstić information content (AvgIpc) is 3.00. The first kappa shape index (κ1) is 9.34. The first-order chi connectivity index (χ1) is 7.70. The van der Waals surface area contributed by atoms with E-state index in [0.717, 1.165) is 18.5 Å². The molecule has 4 heteroatoms. The van der Waals surface area contributed by atoms with Gasteiger partial charge in [0.25, 0.3) is 0 Å². The molecular weight excluding hydrogens is 210 g/mol. The van der Waals surface area contributed by atoms with Crippen molar-refractivity contribution in [2.75, 3.05) is 0 Å². The van der Waals surface area contributed by atoms with Gasteiger partial charge in [0.1, 0.15) is 5.56 Å². The molecule has 80 valence electrons. The van der Waals surface area contributed by atoms with Crippen molar-refractivity contribution in [3.63, 3.8) is 0 Å². The van der Waals surface area contributed by atoms with Crippen molar-refractivity contribution >= 4 is 5.65 Å². The molecule has 2 heterocycles. The molecule has 2 aromatic rings. The molecule has 0 bridgehead atoms. The van der Waals surface area contributed by atoms with Crippen molar-refractivity contribution in [1.82, 2.24) is 9.38 Å². The standard InChI is InChI=1S/C12H8F2N2/c1-2-8-9(13)5-16-6-10(7-3-4-7)15-12(16)11(8)14/h1,5-7H,3-4H2. The molecule has 1 aliphatic carbocycles. The van der Waals surface area contributed by atoms with Crippen LogP contribution in [0.5, 0.6) is 0 Å². The van der Waals surface area contributed by atoms with Crippen LogP contribution in [0.2, 0.25) is 0 Å². The lowest BCUT2D eigenvalue weighted by Gasteiger charge is -1.99. The van der Waals surface area contributed by atoms with Gasteiger partial charge in [-0.2, -0.15) is 0 Å². The Balaban J connectivity index is 2.30. The van der Waals surface area contributed by atoms with Gasteiger partial charge in [0, 0.05) is 18.3 Å². The zero-order valence-electron chi connectivity index (χ0n) is 8.37. The van der Waals surface area contributed by atoms with Crippen LogP contribution in [0.15, 0.2) is 12.4 Å². The number of nitrogens with zero attached hydrogens (tertiary/aromatic N) is 2. The SMILES string of the molecule is C#Cc1c(F)cn2cc(C3CC3)nc2c1F. The number of hydrogen-bond donors (Lipinski definition) is 0. The predicted molar refractivity (Wildman–Crippen MR) is 55.0 cm³/mol. The summed E-state index contributed by atoms with van der Waals surface area (Å²) >= 11 is 0. The number of halogens is 2. The monoisotopic (exact) mass is 218 g/mol. The summed E-state index contributed by atoms with van der Waals surface area (Å²) in [6.45, 7) is 0. The smallest absolute Gasteiger partial charge is 0.184 e. The molecule has 0 aromatic carbocycles. The number of pyridine rings is 1. The molecule has 1 fully saturated rings. The topological polar surface area (TPSA) is 17.3 Å². The van der Waals surface area contributed by atoms with Gasteiger partial charge >= 0.3 is 0 Å². The molecule has 0 atom stereocenters. The number of hydrogen-bond acceptors (Lipinski definition) is 1. The van der Waals surface area contributed by atoms with Gasteiger partial charge in [0.15, 0.2) is 17.3 Å². The first-order valence-electron chi connectivity index (χ1n) is 5.04. The van der Waals surface area contributed by atoms with Gasteiger partial charge in [-0.15, -0.1) is 6.42 Å². The normalized spacial score (nSPS) is 15.3. The van der Waals surface area contributed by atoms with Crippen LogP contribution >= 0.6 is 0 Å². The minimum atomic E-state index is -0.755. The molecule has 0 spiro atoms. The minimum absolute atomic E-state index is 0.108. The molecule has 0 radical (unpaired) electrons. The summed E-state index contributed by atoms with van der Waals surface area (Å²) in [6, 6.07) is 0. The van der Waals surface area contributed by atoms with E-state index in [1.165, 1.54) is 10.6 Å². The maximum absolute atomic E-state index is 13.8. The highest BCUT2D eigenvalue weighted by Gasteiger charge is 2.27. The van der Waals surface area contributed by atoms with E-state index in [-0.39, 0.29) is 11.2 Å². The molecule has 16 heavy (non-hydrogen) atoms. The summed E-state index contributed by atoms with van der Waals surface area (Å²) in [7, 11) is 0. The third-order valence-electron chi connectivity index (χ3n) is 2.80. The molecule has 0 N–H and O–H groups in total. The Labute approximate surface area is 90.9 Å². The Bertz CT molecular complexity index is 618. The molecule has 2 aromatic heterocycles. The van der Waals surface area contributed by atoms with Crippen molar-refractivity contribution in [1.29, 1.82) is 0 Å². The van der Waals surface area contributed by atoms with E-state index in [9.17, 15) is 8.78 Å². The van der Waals surface area contributed by atoms with Crippen LogP contribution in [0.1, 0.15) is 30.0 Å². The molecule has 2 nitrogen and oxygen atoms in total. The van der Waals surface area contributed by atoms with Crippen molar-refractivity contribution in [2.24, 2.45) is 0 Å². The molecule has 0 unspecified atom stereocenters. The molecule has 1 aliphatic rings. The van der Waals surface area contributed by atoms with E-state index in [1.54, 1.807) is 6.20 Å². The van der Waals surface area contributed by atoms with Crippen molar-refractivity contribution in [2.45, 2.75) is 18.8 Å². The van der Waals surface area contributed by atoms with E-state index in [1.807, 2.05) is 5.92 Å². The summed E-state index contributed by atoms with van der Waals surface area (Å²) in [5.74, 6) is 0.922. The van der Waals surface area contributed by atoms with Gasteiger partial charge in [0.2, 0.25) is 0 Å². The van der Waals surface area contributed by atoms with E-state index < -0.39 is 11.6 Å². The molecule has 0 amide bonds. The summed E-state index contributed by atoms with van der Waals surface area (Å²) in [6.07, 6.45) is 10.0. The van der Waals surface area contributed by atoms with Crippen LogP contribution in [-0.2, 0) is 0 Å². The highest BCUT2D eigenvalue weighted by atomic mass is 19.1. The number of rotatable bonds is 1. The van der Waals surface area contributed by atoms with E-state index in [0.29, 0.717) is 5.92 Å². The van der Waals surface area contributed by atoms with E-state index >= 15 is 0 Å². The van der Waals surface area contributed by atoms with Crippen molar-refractivity contribution in [3.05, 3.63) is 35.3 Å². The summed E-state index contributed by atoms with van der Waals surface area (Å²) in [5, 5.41) is 0. The molecular formula is C12H8F2N2. The number of terminal acetylenes is 1. The van der Waals surface area contributed by atoms with Crippen LogP contribution in [0.3, 0.4) is 0 Å². The lowest BCUT2D eigenvalue weighted by molar-refractivity contribution is 0.571. The summed E-state index contributed by atoms with van der Waals surface area (Å²) in [4.78, 5) is 4.15. The Kier molecular flexibility index (Phi) is 1.78. The minimum Gasteiger partial charge on any atom is -0.301 e. The second-order valence-corrected chi connectivity index (χ2v) is 3.98. The Morgan fingerprint density at radius 2 is 2.12 bits per heavy atom. The van der Waals surface area contributed by atoms with Gasteiger partial charge in [0.05, 0.1) is 5.69 Å². The quantitative estimate of drug-likeness (QED) is 0.672. The lowest BCUT2D eigenvalue weighted by Crippen LogP contribution is -1.97. The predicted octanol–water partition coefficient (Wildman–Crippen LogP) is 2.47. The Hall–Kier alpha value is -1.89. The van der Waals surface area contributed by atoms with Crippen LogP contribution in [-0.4, -0.2) is 9.38 Å². The number of aromatic nitrogens is 2. The largest absolute Gasteiger partial charge is 0.301 e.